The van der Waals surface area contributed by atoms with Crippen molar-refractivity contribution in [1.82, 2.24) is 4.72 Å². The van der Waals surface area contributed by atoms with E-state index in [2.05, 4.69) is 4.72 Å². The first kappa shape index (κ1) is 14.6. The predicted octanol–water partition coefficient (Wildman–Crippen LogP) is 1.78. The second kappa shape index (κ2) is 6.11. The molecule has 0 radical (unpaired) electrons. The summed E-state index contributed by atoms with van der Waals surface area (Å²) in [5.41, 5.74) is 1.13. The van der Waals surface area contributed by atoms with Gasteiger partial charge in [0, 0.05) is 18.8 Å². The van der Waals surface area contributed by atoms with E-state index in [1.54, 1.807) is 0 Å². The van der Waals surface area contributed by atoms with Crippen molar-refractivity contribution in [3.8, 4) is 5.75 Å². The van der Waals surface area contributed by atoms with Crippen LogP contribution in [0.1, 0.15) is 12.5 Å². The van der Waals surface area contributed by atoms with Crippen LogP contribution >= 0.6 is 11.6 Å². The zero-order valence-electron chi connectivity index (χ0n) is 10.8. The van der Waals surface area contributed by atoms with Gasteiger partial charge in [0.2, 0.25) is 10.0 Å². The molecule has 6 heteroatoms. The van der Waals surface area contributed by atoms with Crippen LogP contribution in [0.3, 0.4) is 0 Å². The molecule has 0 saturated heterocycles. The minimum absolute atomic E-state index is 0.0518. The van der Waals surface area contributed by atoms with Gasteiger partial charge < -0.3 is 4.74 Å². The smallest absolute Gasteiger partial charge is 0.212 e. The van der Waals surface area contributed by atoms with Gasteiger partial charge >= 0.3 is 0 Å². The summed E-state index contributed by atoms with van der Waals surface area (Å²) in [5.74, 6) is 1.18. The van der Waals surface area contributed by atoms with Crippen LogP contribution in [0, 0.1) is 5.92 Å². The first-order chi connectivity index (χ1) is 9.00. The van der Waals surface area contributed by atoms with Gasteiger partial charge in [-0.15, -0.1) is 11.6 Å². The van der Waals surface area contributed by atoms with E-state index >= 15 is 0 Å². The van der Waals surface area contributed by atoms with Crippen LogP contribution in [0.25, 0.3) is 0 Å². The number of alkyl halides is 1. The van der Waals surface area contributed by atoms with Crippen molar-refractivity contribution >= 4 is 21.6 Å². The Labute approximate surface area is 119 Å². The highest BCUT2D eigenvalue weighted by Crippen LogP contribution is 2.27. The van der Waals surface area contributed by atoms with Crippen molar-refractivity contribution in [2.45, 2.75) is 19.4 Å². The molecule has 0 saturated carbocycles. The maximum absolute atomic E-state index is 11.8. The average Bonchev–Trinajstić information content (AvgIpc) is 2.78. The molecule has 1 aromatic carbocycles. The fourth-order valence-corrected chi connectivity index (χ4v) is 3.73. The van der Waals surface area contributed by atoms with Crippen LogP contribution in [-0.2, 0) is 16.4 Å². The number of para-hydroxylation sites is 1. The summed E-state index contributed by atoms with van der Waals surface area (Å²) in [5, 5.41) is 0. The van der Waals surface area contributed by atoms with Crippen LogP contribution in [0.2, 0.25) is 0 Å². The second-order valence-electron chi connectivity index (χ2n) is 4.94. The Morgan fingerprint density at radius 2 is 2.21 bits per heavy atom. The Balaban J connectivity index is 1.85. The number of halogens is 1. The van der Waals surface area contributed by atoms with Gasteiger partial charge in [0.25, 0.3) is 0 Å². The number of nitrogens with one attached hydrogen (secondary N) is 1. The summed E-state index contributed by atoms with van der Waals surface area (Å²) in [6.07, 6.45) is 0.613. The summed E-state index contributed by atoms with van der Waals surface area (Å²) in [7, 11) is -3.28. The SMILES string of the molecule is CC(CCl)CS(=O)(=O)NCC1Cc2ccccc2O1. The Kier molecular flexibility index (Phi) is 4.71. The Morgan fingerprint density at radius 1 is 1.47 bits per heavy atom. The number of ether oxygens (including phenoxy) is 1. The van der Waals surface area contributed by atoms with Crippen LogP contribution in [0.4, 0.5) is 0 Å². The fourth-order valence-electron chi connectivity index (χ4n) is 2.07. The molecule has 4 nitrogen and oxygen atoms in total. The van der Waals surface area contributed by atoms with Gasteiger partial charge in [0.15, 0.2) is 0 Å². The lowest BCUT2D eigenvalue weighted by molar-refractivity contribution is 0.236. The third-order valence-corrected chi connectivity index (χ3v) is 5.15. The highest BCUT2D eigenvalue weighted by atomic mass is 35.5. The van der Waals surface area contributed by atoms with Crippen LogP contribution in [0.15, 0.2) is 24.3 Å². The van der Waals surface area contributed by atoms with E-state index in [-0.39, 0.29) is 17.8 Å². The molecule has 0 aromatic heterocycles. The van der Waals surface area contributed by atoms with Crippen molar-refractivity contribution < 1.29 is 13.2 Å². The molecule has 0 amide bonds. The molecule has 1 N–H and O–H groups in total. The van der Waals surface area contributed by atoms with Gasteiger partial charge in [-0.1, -0.05) is 25.1 Å². The minimum Gasteiger partial charge on any atom is -0.488 e. The molecule has 0 bridgehead atoms. The second-order valence-corrected chi connectivity index (χ2v) is 7.10. The lowest BCUT2D eigenvalue weighted by atomic mass is 10.1. The lowest BCUT2D eigenvalue weighted by Crippen LogP contribution is -2.37. The van der Waals surface area contributed by atoms with E-state index in [0.717, 1.165) is 17.7 Å². The number of benzene rings is 1. The zero-order chi connectivity index (χ0) is 13.9. The van der Waals surface area contributed by atoms with Crippen molar-refractivity contribution in [3.63, 3.8) is 0 Å². The van der Waals surface area contributed by atoms with E-state index in [9.17, 15) is 8.42 Å². The predicted molar refractivity (Wildman–Crippen MR) is 76.2 cm³/mol. The van der Waals surface area contributed by atoms with Crippen LogP contribution < -0.4 is 9.46 Å². The van der Waals surface area contributed by atoms with E-state index in [4.69, 9.17) is 16.3 Å². The maximum atomic E-state index is 11.8. The summed E-state index contributed by atoms with van der Waals surface area (Å²) in [4.78, 5) is 0. The normalized spacial score (nSPS) is 19.8. The third-order valence-electron chi connectivity index (χ3n) is 3.01. The number of rotatable bonds is 6. The molecule has 2 unspecified atom stereocenters. The third kappa shape index (κ3) is 4.09. The highest BCUT2D eigenvalue weighted by Gasteiger charge is 2.24. The van der Waals surface area contributed by atoms with E-state index < -0.39 is 10.0 Å². The Bertz CT molecular complexity index is 507. The van der Waals surface area contributed by atoms with E-state index in [1.807, 2.05) is 31.2 Å². The molecule has 2 atom stereocenters. The standard InChI is InChI=1S/C13H18ClNO3S/c1-10(7-14)9-19(16,17)15-8-12-6-11-4-2-3-5-13(11)18-12/h2-5,10,12,15H,6-9H2,1H3. The molecule has 106 valence electrons. The van der Waals surface area contributed by atoms with Crippen LogP contribution in [0.5, 0.6) is 5.75 Å². The number of hydrogen-bond donors (Lipinski definition) is 1. The summed E-state index contributed by atoms with van der Waals surface area (Å²) < 4.78 is 31.9. The van der Waals surface area contributed by atoms with Crippen LogP contribution in [-0.4, -0.2) is 32.7 Å². The minimum atomic E-state index is -3.28. The molecular weight excluding hydrogens is 286 g/mol. The monoisotopic (exact) mass is 303 g/mol. The average molecular weight is 304 g/mol. The Hall–Kier alpha value is -0.780. The van der Waals surface area contributed by atoms with Crippen molar-refractivity contribution in [2.24, 2.45) is 5.92 Å². The van der Waals surface area contributed by atoms with Gasteiger partial charge in [-0.3, -0.25) is 0 Å². The molecule has 0 aliphatic carbocycles. The van der Waals surface area contributed by atoms with Gasteiger partial charge in [0.1, 0.15) is 11.9 Å². The van der Waals surface area contributed by atoms with E-state index in [1.165, 1.54) is 0 Å². The van der Waals surface area contributed by atoms with Gasteiger partial charge in [-0.05, 0) is 17.5 Å². The first-order valence-electron chi connectivity index (χ1n) is 6.28. The van der Waals surface area contributed by atoms with Gasteiger partial charge in [-0.25, -0.2) is 13.1 Å². The Morgan fingerprint density at radius 3 is 2.89 bits per heavy atom. The topological polar surface area (TPSA) is 55.4 Å². The van der Waals surface area contributed by atoms with E-state index in [0.29, 0.717) is 12.4 Å². The summed E-state index contributed by atoms with van der Waals surface area (Å²) in [6, 6.07) is 7.77. The lowest BCUT2D eigenvalue weighted by Gasteiger charge is -2.14. The maximum Gasteiger partial charge on any atom is 0.212 e. The number of sulfonamides is 1. The zero-order valence-corrected chi connectivity index (χ0v) is 12.4. The molecule has 0 spiro atoms. The van der Waals surface area contributed by atoms with Crippen molar-refractivity contribution in [1.29, 1.82) is 0 Å². The molecule has 1 aliphatic rings. The summed E-state index contributed by atoms with van der Waals surface area (Å²) in [6.45, 7) is 2.11. The van der Waals surface area contributed by atoms with Crippen molar-refractivity contribution in [3.05, 3.63) is 29.8 Å². The quantitative estimate of drug-likeness (QED) is 0.815. The van der Waals surface area contributed by atoms with Gasteiger partial charge in [0.05, 0.1) is 5.75 Å². The molecule has 19 heavy (non-hydrogen) atoms. The summed E-state index contributed by atoms with van der Waals surface area (Å²) >= 11 is 5.63. The molecule has 1 heterocycles. The molecule has 2 rings (SSSR count). The largest absolute Gasteiger partial charge is 0.488 e. The fraction of sp³-hybridized carbons (Fsp3) is 0.538. The number of hydrogen-bond acceptors (Lipinski definition) is 3. The number of fused-ring (bicyclic) bond motifs is 1. The first-order valence-corrected chi connectivity index (χ1v) is 8.46. The molecule has 0 fully saturated rings. The van der Waals surface area contributed by atoms with Crippen molar-refractivity contribution in [2.75, 3.05) is 18.2 Å². The molecule has 1 aromatic rings. The highest BCUT2D eigenvalue weighted by molar-refractivity contribution is 7.89. The molecule has 1 aliphatic heterocycles. The molecular formula is C13H18ClNO3S. The van der Waals surface area contributed by atoms with Gasteiger partial charge in [-0.2, -0.15) is 0 Å².